The fourth-order valence-electron chi connectivity index (χ4n) is 2.65. The van der Waals surface area contributed by atoms with Gasteiger partial charge in [0.2, 0.25) is 0 Å². The smallest absolute Gasteiger partial charge is 0.140 e. The van der Waals surface area contributed by atoms with Gasteiger partial charge in [-0.3, -0.25) is 4.79 Å². The number of carbonyl (C=O) groups is 1. The van der Waals surface area contributed by atoms with Crippen LogP contribution in [0.5, 0.6) is 0 Å². The Morgan fingerprint density at radius 2 is 1.38 bits per heavy atom. The Labute approximate surface area is 129 Å². The molecule has 0 aromatic heterocycles. The zero-order valence-electron chi connectivity index (χ0n) is 12.8. The van der Waals surface area contributed by atoms with Gasteiger partial charge < -0.3 is 0 Å². The van der Waals surface area contributed by atoms with Crippen LogP contribution < -0.4 is 10.6 Å². The fraction of sp³-hybridized carbons (Fsp3) is 0.316. The standard InChI is InChI=1S/C19H23OP/c1-3-11-18(20)19(4-2)21(16-12-7-5-8-13-16)17-14-9-6-10-15-17/h5-10,12-15,19H,3-4,11H2,1-2H3/t19-/m1/s1. The van der Waals surface area contributed by atoms with Crippen molar-refractivity contribution in [2.24, 2.45) is 0 Å². The van der Waals surface area contributed by atoms with Crippen LogP contribution in [-0.2, 0) is 4.79 Å². The van der Waals surface area contributed by atoms with E-state index < -0.39 is 7.92 Å². The summed E-state index contributed by atoms with van der Waals surface area (Å²) in [7, 11) is -0.615. The van der Waals surface area contributed by atoms with Gasteiger partial charge in [-0.2, -0.15) is 0 Å². The number of ketones is 1. The summed E-state index contributed by atoms with van der Waals surface area (Å²) < 4.78 is 0. The first-order valence-corrected chi connectivity index (χ1v) is 9.11. The molecule has 2 aromatic carbocycles. The first-order chi connectivity index (χ1) is 10.3. The van der Waals surface area contributed by atoms with E-state index in [2.05, 4.69) is 62.4 Å². The van der Waals surface area contributed by atoms with Gasteiger partial charge >= 0.3 is 0 Å². The SMILES string of the molecule is CCCC(=O)[C@@H](CC)P(c1ccccc1)c1ccccc1. The summed E-state index contributed by atoms with van der Waals surface area (Å²) in [4.78, 5) is 12.6. The summed E-state index contributed by atoms with van der Waals surface area (Å²) in [5.74, 6) is 0.416. The minimum absolute atomic E-state index is 0.129. The lowest BCUT2D eigenvalue weighted by Gasteiger charge is -2.26. The molecule has 2 heteroatoms. The van der Waals surface area contributed by atoms with Gasteiger partial charge in [0, 0.05) is 12.1 Å². The van der Waals surface area contributed by atoms with Crippen molar-refractivity contribution in [3.63, 3.8) is 0 Å². The lowest BCUT2D eigenvalue weighted by molar-refractivity contribution is -0.118. The lowest BCUT2D eigenvalue weighted by Crippen LogP contribution is -2.27. The van der Waals surface area contributed by atoms with Gasteiger partial charge in [-0.15, -0.1) is 0 Å². The highest BCUT2D eigenvalue weighted by atomic mass is 31.1. The van der Waals surface area contributed by atoms with Crippen LogP contribution >= 0.6 is 7.92 Å². The van der Waals surface area contributed by atoms with Crippen LogP contribution in [0.3, 0.4) is 0 Å². The average Bonchev–Trinajstić information content (AvgIpc) is 2.54. The molecule has 21 heavy (non-hydrogen) atoms. The minimum atomic E-state index is -0.615. The first kappa shape index (κ1) is 15.9. The third kappa shape index (κ3) is 4.02. The highest BCUT2D eigenvalue weighted by molar-refractivity contribution is 7.74. The second-order valence-corrected chi connectivity index (χ2v) is 7.58. The van der Waals surface area contributed by atoms with Gasteiger partial charge in [0.1, 0.15) is 5.78 Å². The Balaban J connectivity index is 2.43. The van der Waals surface area contributed by atoms with Gasteiger partial charge in [-0.05, 0) is 31.4 Å². The summed E-state index contributed by atoms with van der Waals surface area (Å²) in [6.07, 6.45) is 2.54. The van der Waals surface area contributed by atoms with Crippen molar-refractivity contribution >= 4 is 24.3 Å². The summed E-state index contributed by atoms with van der Waals surface area (Å²) >= 11 is 0. The molecule has 110 valence electrons. The largest absolute Gasteiger partial charge is 0.299 e. The Morgan fingerprint density at radius 3 is 1.76 bits per heavy atom. The second-order valence-electron chi connectivity index (χ2n) is 5.18. The van der Waals surface area contributed by atoms with E-state index in [0.717, 1.165) is 12.8 Å². The predicted molar refractivity (Wildman–Crippen MR) is 93.1 cm³/mol. The maximum atomic E-state index is 12.6. The summed E-state index contributed by atoms with van der Waals surface area (Å²) in [5, 5.41) is 2.60. The normalized spacial score (nSPS) is 12.3. The molecule has 0 unspecified atom stereocenters. The molecule has 0 fully saturated rings. The summed E-state index contributed by atoms with van der Waals surface area (Å²) in [5.41, 5.74) is 0.129. The van der Waals surface area contributed by atoms with Crippen LogP contribution in [0.2, 0.25) is 0 Å². The maximum Gasteiger partial charge on any atom is 0.140 e. The van der Waals surface area contributed by atoms with Crippen LogP contribution in [0.1, 0.15) is 33.1 Å². The molecule has 0 aliphatic rings. The molecule has 0 aliphatic carbocycles. The third-order valence-corrected chi connectivity index (χ3v) is 6.62. The Hall–Kier alpha value is -1.46. The molecule has 1 nitrogen and oxygen atoms in total. The van der Waals surface area contributed by atoms with E-state index in [4.69, 9.17) is 0 Å². The number of carbonyl (C=O) groups excluding carboxylic acids is 1. The molecule has 0 radical (unpaired) electrons. The van der Waals surface area contributed by atoms with Gasteiger partial charge in [0.05, 0.1) is 0 Å². The highest BCUT2D eigenvalue weighted by Crippen LogP contribution is 2.42. The fourth-order valence-corrected chi connectivity index (χ4v) is 5.44. The molecule has 0 N–H and O–H groups in total. The molecule has 0 amide bonds. The monoisotopic (exact) mass is 298 g/mol. The van der Waals surface area contributed by atoms with E-state index in [9.17, 15) is 4.79 Å². The zero-order valence-corrected chi connectivity index (χ0v) is 13.7. The quantitative estimate of drug-likeness (QED) is 0.698. The number of Topliss-reactive ketones (excluding diaryl/α,β-unsaturated/α-hetero) is 1. The Morgan fingerprint density at radius 1 is 0.905 bits per heavy atom. The van der Waals surface area contributed by atoms with Crippen LogP contribution in [0, 0.1) is 0 Å². The zero-order chi connectivity index (χ0) is 15.1. The minimum Gasteiger partial charge on any atom is -0.299 e. The predicted octanol–water partition coefficient (Wildman–Crippen LogP) is 4.27. The van der Waals surface area contributed by atoms with Crippen LogP contribution in [0.15, 0.2) is 60.7 Å². The average molecular weight is 298 g/mol. The Kier molecular flexibility index (Phi) is 6.14. The van der Waals surface area contributed by atoms with Crippen molar-refractivity contribution in [3.05, 3.63) is 60.7 Å². The molecule has 1 atom stereocenters. The number of hydrogen-bond donors (Lipinski definition) is 0. The first-order valence-electron chi connectivity index (χ1n) is 7.70. The maximum absolute atomic E-state index is 12.6. The van der Waals surface area contributed by atoms with Crippen LogP contribution in [0.4, 0.5) is 0 Å². The van der Waals surface area contributed by atoms with E-state index in [-0.39, 0.29) is 5.66 Å². The molecule has 0 bridgehead atoms. The lowest BCUT2D eigenvalue weighted by atomic mass is 10.1. The molecule has 0 aliphatic heterocycles. The van der Waals surface area contributed by atoms with Crippen molar-refractivity contribution in [2.45, 2.75) is 38.8 Å². The van der Waals surface area contributed by atoms with E-state index in [1.165, 1.54) is 10.6 Å². The second kappa shape index (κ2) is 8.10. The molecule has 0 saturated carbocycles. The van der Waals surface area contributed by atoms with Gasteiger partial charge in [-0.1, -0.05) is 74.5 Å². The highest BCUT2D eigenvalue weighted by Gasteiger charge is 2.28. The molecule has 2 rings (SSSR count). The summed E-state index contributed by atoms with van der Waals surface area (Å²) in [6.45, 7) is 4.22. The van der Waals surface area contributed by atoms with E-state index >= 15 is 0 Å². The van der Waals surface area contributed by atoms with Crippen molar-refractivity contribution < 1.29 is 4.79 Å². The summed E-state index contributed by atoms with van der Waals surface area (Å²) in [6, 6.07) is 21.0. The molecule has 2 aromatic rings. The van der Waals surface area contributed by atoms with Crippen molar-refractivity contribution in [1.29, 1.82) is 0 Å². The van der Waals surface area contributed by atoms with Crippen molar-refractivity contribution in [1.82, 2.24) is 0 Å². The van der Waals surface area contributed by atoms with Gasteiger partial charge in [0.15, 0.2) is 0 Å². The van der Waals surface area contributed by atoms with Gasteiger partial charge in [-0.25, -0.2) is 0 Å². The van der Waals surface area contributed by atoms with Crippen molar-refractivity contribution in [3.8, 4) is 0 Å². The molecular weight excluding hydrogens is 275 g/mol. The number of rotatable bonds is 7. The topological polar surface area (TPSA) is 17.1 Å². The Bertz CT molecular complexity index is 511. The van der Waals surface area contributed by atoms with E-state index in [1.807, 2.05) is 12.1 Å². The van der Waals surface area contributed by atoms with Gasteiger partial charge in [0.25, 0.3) is 0 Å². The molecular formula is C19H23OP. The number of hydrogen-bond acceptors (Lipinski definition) is 1. The van der Waals surface area contributed by atoms with E-state index in [0.29, 0.717) is 12.2 Å². The third-order valence-electron chi connectivity index (χ3n) is 3.64. The van der Waals surface area contributed by atoms with E-state index in [1.54, 1.807) is 0 Å². The molecule has 0 heterocycles. The van der Waals surface area contributed by atoms with Crippen molar-refractivity contribution in [2.75, 3.05) is 0 Å². The van der Waals surface area contributed by atoms with Crippen LogP contribution in [-0.4, -0.2) is 11.4 Å². The molecule has 0 spiro atoms. The number of benzene rings is 2. The molecule has 0 saturated heterocycles. The van der Waals surface area contributed by atoms with Crippen LogP contribution in [0.25, 0.3) is 0 Å².